The third-order valence-electron chi connectivity index (χ3n) is 2.23. The van der Waals surface area contributed by atoms with Gasteiger partial charge in [0.2, 0.25) is 0 Å². The van der Waals surface area contributed by atoms with Crippen molar-refractivity contribution in [2.24, 2.45) is 0 Å². The molecule has 0 atom stereocenters. The summed E-state index contributed by atoms with van der Waals surface area (Å²) in [7, 11) is 0. The van der Waals surface area contributed by atoms with Crippen molar-refractivity contribution in [3.05, 3.63) is 34.7 Å². The van der Waals surface area contributed by atoms with Crippen LogP contribution in [0, 0.1) is 48.4 Å². The van der Waals surface area contributed by atoms with Gasteiger partial charge in [-0.25, -0.2) is 0 Å². The summed E-state index contributed by atoms with van der Waals surface area (Å²) in [4.78, 5) is 0. The lowest BCUT2D eigenvalue weighted by Gasteiger charge is -1.94. The van der Waals surface area contributed by atoms with Gasteiger partial charge in [0.1, 0.15) is 11.6 Å². The van der Waals surface area contributed by atoms with Crippen LogP contribution in [0.4, 0.5) is 0 Å². The van der Waals surface area contributed by atoms with Crippen LogP contribution in [0.3, 0.4) is 0 Å². The molecule has 17 heavy (non-hydrogen) atoms. The first kappa shape index (κ1) is 12.2. The zero-order valence-electron chi connectivity index (χ0n) is 9.20. The van der Waals surface area contributed by atoms with E-state index >= 15 is 0 Å². The smallest absolute Gasteiger partial charge is 0.109 e. The Morgan fingerprint density at radius 2 is 1.59 bits per heavy atom. The fourth-order valence-corrected chi connectivity index (χ4v) is 1.36. The van der Waals surface area contributed by atoms with E-state index in [1.165, 1.54) is 0 Å². The standard InChI is InChI=1S/C16H9N/c1-4-7-13(5-2)15-8-10-16(11-9-15)14(6-3)12-17/h1-3,8-11H,7H2. The maximum absolute atomic E-state index is 8.79. The zero-order valence-corrected chi connectivity index (χ0v) is 9.20. The molecule has 0 heterocycles. The fraction of sp³-hybridized carbons (Fsp3) is 0.0625. The largest absolute Gasteiger partial charge is 0.192 e. The fourth-order valence-electron chi connectivity index (χ4n) is 1.36. The molecule has 0 saturated heterocycles. The van der Waals surface area contributed by atoms with Gasteiger partial charge in [-0.2, -0.15) is 5.26 Å². The molecule has 0 amide bonds. The number of terminal acetylenes is 3. The average molecular weight is 215 g/mol. The van der Waals surface area contributed by atoms with Crippen LogP contribution in [0.5, 0.6) is 0 Å². The second kappa shape index (κ2) is 5.88. The summed E-state index contributed by atoms with van der Waals surface area (Å²) in [6.45, 7) is 0. The van der Waals surface area contributed by atoms with Crippen LogP contribution < -0.4 is 10.4 Å². The molecule has 78 valence electrons. The highest BCUT2D eigenvalue weighted by molar-refractivity contribution is 5.74. The van der Waals surface area contributed by atoms with Gasteiger partial charge in [0, 0.05) is 17.2 Å². The predicted molar refractivity (Wildman–Crippen MR) is 69.2 cm³/mol. The Kier molecular flexibility index (Phi) is 4.22. The van der Waals surface area contributed by atoms with Gasteiger partial charge in [-0.15, -0.1) is 25.2 Å². The number of rotatable bonds is 1. The lowest BCUT2D eigenvalue weighted by atomic mass is 10.1. The lowest BCUT2D eigenvalue weighted by Crippen LogP contribution is -2.11. The molecular weight excluding hydrogens is 206 g/mol. The first-order valence-corrected chi connectivity index (χ1v) is 4.87. The zero-order chi connectivity index (χ0) is 12.7. The van der Waals surface area contributed by atoms with E-state index < -0.39 is 0 Å². The summed E-state index contributed by atoms with van der Waals surface area (Å²) >= 11 is 0. The summed E-state index contributed by atoms with van der Waals surface area (Å²) in [5.74, 6) is 7.40. The molecule has 0 bridgehead atoms. The van der Waals surface area contributed by atoms with Crippen LogP contribution in [0.2, 0.25) is 0 Å². The topological polar surface area (TPSA) is 23.8 Å². The highest BCUT2D eigenvalue weighted by Crippen LogP contribution is 1.95. The summed E-state index contributed by atoms with van der Waals surface area (Å²) < 4.78 is 0. The van der Waals surface area contributed by atoms with Crippen molar-refractivity contribution >= 4 is 11.1 Å². The van der Waals surface area contributed by atoms with Gasteiger partial charge < -0.3 is 0 Å². The van der Waals surface area contributed by atoms with Crippen LogP contribution in [0.15, 0.2) is 24.3 Å². The third kappa shape index (κ3) is 2.79. The second-order valence-electron chi connectivity index (χ2n) is 3.21. The maximum atomic E-state index is 8.79. The normalized spacial score (nSPS) is 8.00. The molecule has 1 rings (SSSR count). The van der Waals surface area contributed by atoms with Crippen LogP contribution in [-0.2, 0) is 0 Å². The highest BCUT2D eigenvalue weighted by Gasteiger charge is 1.94. The van der Waals surface area contributed by atoms with Gasteiger partial charge in [-0.1, -0.05) is 36.1 Å². The Hall–Kier alpha value is -2.87. The van der Waals surface area contributed by atoms with E-state index in [1.54, 1.807) is 12.1 Å². The Morgan fingerprint density at radius 3 is 2.00 bits per heavy atom. The first-order chi connectivity index (χ1) is 8.26. The highest BCUT2D eigenvalue weighted by atomic mass is 14.2. The molecule has 0 unspecified atom stereocenters. The summed E-state index contributed by atoms with van der Waals surface area (Å²) in [5, 5.41) is 10.4. The van der Waals surface area contributed by atoms with Crippen molar-refractivity contribution in [3.63, 3.8) is 0 Å². The Morgan fingerprint density at radius 1 is 1.00 bits per heavy atom. The molecular formula is C16H9N. The molecule has 1 nitrogen and oxygen atoms in total. The number of hydrogen-bond acceptors (Lipinski definition) is 1. The number of benzene rings is 1. The third-order valence-corrected chi connectivity index (χ3v) is 2.23. The van der Waals surface area contributed by atoms with E-state index in [1.807, 2.05) is 18.2 Å². The quantitative estimate of drug-likeness (QED) is 0.636. The van der Waals surface area contributed by atoms with E-state index in [4.69, 9.17) is 24.5 Å². The van der Waals surface area contributed by atoms with Crippen LogP contribution in [0.25, 0.3) is 11.1 Å². The Bertz CT molecular complexity index is 668. The number of nitriles is 1. The maximum Gasteiger partial charge on any atom is 0.109 e. The van der Waals surface area contributed by atoms with Crippen molar-refractivity contribution in [3.8, 4) is 43.1 Å². The van der Waals surface area contributed by atoms with Gasteiger partial charge in [-0.3, -0.25) is 0 Å². The van der Waals surface area contributed by atoms with E-state index in [-0.39, 0.29) is 0 Å². The lowest BCUT2D eigenvalue weighted by molar-refractivity contribution is 1.44. The van der Waals surface area contributed by atoms with Gasteiger partial charge in [0.15, 0.2) is 0 Å². The SMILES string of the molecule is C#CCC(C#C)=c1ccc(=C(C#C)C#N)cc1. The van der Waals surface area contributed by atoms with E-state index in [0.717, 1.165) is 10.8 Å². The molecule has 0 aliphatic carbocycles. The van der Waals surface area contributed by atoms with Crippen molar-refractivity contribution in [2.45, 2.75) is 6.42 Å². The molecule has 0 radical (unpaired) electrons. The number of nitrogens with zero attached hydrogens (tertiary/aromatic N) is 1. The predicted octanol–water partition coefficient (Wildman–Crippen LogP) is 0.801. The average Bonchev–Trinajstić information content (AvgIpc) is 2.38. The van der Waals surface area contributed by atoms with Gasteiger partial charge >= 0.3 is 0 Å². The van der Waals surface area contributed by atoms with E-state index in [0.29, 0.717) is 17.2 Å². The molecule has 0 aliphatic heterocycles. The molecule has 0 aliphatic rings. The van der Waals surface area contributed by atoms with Crippen molar-refractivity contribution in [1.82, 2.24) is 0 Å². The van der Waals surface area contributed by atoms with Crippen molar-refractivity contribution in [1.29, 1.82) is 5.26 Å². The van der Waals surface area contributed by atoms with Crippen molar-refractivity contribution < 1.29 is 0 Å². The number of hydrogen-bond donors (Lipinski definition) is 0. The first-order valence-electron chi connectivity index (χ1n) is 4.87. The van der Waals surface area contributed by atoms with Crippen LogP contribution >= 0.6 is 0 Å². The summed E-state index contributed by atoms with van der Waals surface area (Å²) in [5.41, 5.74) is 1.05. The van der Waals surface area contributed by atoms with E-state index in [9.17, 15) is 0 Å². The molecule has 0 N–H and O–H groups in total. The molecule has 0 fully saturated rings. The molecule has 1 aromatic rings. The minimum Gasteiger partial charge on any atom is -0.192 e. The minimum absolute atomic E-state index is 0.302. The molecule has 0 spiro atoms. The molecule has 1 aromatic carbocycles. The monoisotopic (exact) mass is 215 g/mol. The van der Waals surface area contributed by atoms with Crippen LogP contribution in [0.1, 0.15) is 6.42 Å². The van der Waals surface area contributed by atoms with Gasteiger partial charge in [-0.05, 0) is 5.22 Å². The Labute approximate surface area is 101 Å². The van der Waals surface area contributed by atoms with Gasteiger partial charge in [0.05, 0.1) is 0 Å². The molecule has 0 saturated carbocycles. The summed E-state index contributed by atoms with van der Waals surface area (Å²) in [6.07, 6.45) is 16.2. The molecule has 0 aromatic heterocycles. The second-order valence-corrected chi connectivity index (χ2v) is 3.21. The van der Waals surface area contributed by atoms with E-state index in [2.05, 4.69) is 17.8 Å². The Balaban J connectivity index is 3.48. The van der Waals surface area contributed by atoms with Gasteiger partial charge in [0.25, 0.3) is 0 Å². The van der Waals surface area contributed by atoms with Crippen LogP contribution in [-0.4, -0.2) is 0 Å². The minimum atomic E-state index is 0.302. The molecule has 1 heteroatoms. The van der Waals surface area contributed by atoms with Crippen molar-refractivity contribution in [2.75, 3.05) is 0 Å². The summed E-state index contributed by atoms with van der Waals surface area (Å²) in [6, 6.07) is 9.12.